The van der Waals surface area contributed by atoms with E-state index in [4.69, 9.17) is 0 Å². The minimum absolute atomic E-state index is 0. The number of carboxylic acids is 1. The maximum absolute atomic E-state index is 10.5. The van der Waals surface area contributed by atoms with E-state index in [-0.39, 0.29) is 27.9 Å². The molecule has 14 heavy (non-hydrogen) atoms. The van der Waals surface area contributed by atoms with Gasteiger partial charge in [0, 0.05) is 0 Å². The molecule has 0 atom stereocenters. The molecule has 0 saturated carbocycles. The molecular weight excluding hydrogens is 272 g/mol. The summed E-state index contributed by atoms with van der Waals surface area (Å²) in [5.74, 6) is -1.13. The number of hydrogen-bond acceptors (Lipinski definition) is 2. The van der Waals surface area contributed by atoms with Crippen molar-refractivity contribution in [3.8, 4) is 0 Å². The molecule has 2 aromatic carbocycles. The monoisotopic (exact) mass is 278 g/mol. The molecule has 0 aliphatic heterocycles. The summed E-state index contributed by atoms with van der Waals surface area (Å²) in [5.41, 5.74) is 0.221. The van der Waals surface area contributed by atoms with E-state index in [1.807, 2.05) is 24.3 Å². The van der Waals surface area contributed by atoms with E-state index >= 15 is 0 Å². The average molecular weight is 279 g/mol. The molecular formula is C11H7AgO2. The van der Waals surface area contributed by atoms with Gasteiger partial charge in [-0.3, -0.25) is 0 Å². The summed E-state index contributed by atoms with van der Waals surface area (Å²) in [5, 5.41) is 12.5. The van der Waals surface area contributed by atoms with Crippen molar-refractivity contribution in [3.63, 3.8) is 0 Å². The molecule has 0 fully saturated rings. The van der Waals surface area contributed by atoms with Gasteiger partial charge >= 0.3 is 22.4 Å². The fraction of sp³-hybridized carbons (Fsp3) is 0. The van der Waals surface area contributed by atoms with Crippen LogP contribution < -0.4 is 5.11 Å². The Morgan fingerprint density at radius 2 is 1.64 bits per heavy atom. The van der Waals surface area contributed by atoms with E-state index in [1.165, 1.54) is 0 Å². The molecule has 0 aromatic heterocycles. The number of rotatable bonds is 1. The second kappa shape index (κ2) is 4.42. The summed E-state index contributed by atoms with van der Waals surface area (Å²) in [7, 11) is 0. The van der Waals surface area contributed by atoms with E-state index in [0.717, 1.165) is 10.8 Å². The molecule has 0 spiro atoms. The quantitative estimate of drug-likeness (QED) is 0.736. The summed E-state index contributed by atoms with van der Waals surface area (Å²) in [6, 6.07) is 12.6. The number of hydrogen-bond donors (Lipinski definition) is 0. The summed E-state index contributed by atoms with van der Waals surface area (Å²) >= 11 is 0. The third-order valence-electron chi connectivity index (χ3n) is 1.99. The van der Waals surface area contributed by atoms with Crippen LogP contribution in [-0.4, -0.2) is 5.97 Å². The van der Waals surface area contributed by atoms with E-state index in [0.29, 0.717) is 0 Å². The fourth-order valence-corrected chi connectivity index (χ4v) is 1.32. The van der Waals surface area contributed by atoms with E-state index in [9.17, 15) is 9.90 Å². The Bertz CT molecular complexity index is 466. The average Bonchev–Trinajstić information content (AvgIpc) is 2.17. The second-order valence-corrected chi connectivity index (χ2v) is 2.85. The number of aromatic carboxylic acids is 1. The Morgan fingerprint density at radius 3 is 2.29 bits per heavy atom. The molecule has 2 aromatic rings. The zero-order chi connectivity index (χ0) is 9.26. The first-order valence-electron chi connectivity index (χ1n) is 3.97. The first kappa shape index (κ1) is 11.0. The second-order valence-electron chi connectivity index (χ2n) is 2.85. The van der Waals surface area contributed by atoms with Gasteiger partial charge in [-0.1, -0.05) is 36.4 Å². The molecule has 2 rings (SSSR count). The van der Waals surface area contributed by atoms with Crippen molar-refractivity contribution in [3.05, 3.63) is 48.0 Å². The first-order chi connectivity index (χ1) is 6.27. The van der Waals surface area contributed by atoms with Gasteiger partial charge in [0.05, 0.1) is 5.97 Å². The molecule has 0 bridgehead atoms. The summed E-state index contributed by atoms with van der Waals surface area (Å²) < 4.78 is 0. The van der Waals surface area contributed by atoms with Crippen LogP contribution in [0.3, 0.4) is 0 Å². The van der Waals surface area contributed by atoms with Crippen LogP contribution >= 0.6 is 0 Å². The van der Waals surface area contributed by atoms with Crippen molar-refractivity contribution < 1.29 is 32.3 Å². The van der Waals surface area contributed by atoms with Crippen LogP contribution in [0, 0.1) is 0 Å². The van der Waals surface area contributed by atoms with Gasteiger partial charge < -0.3 is 9.90 Å². The van der Waals surface area contributed by atoms with Crippen molar-refractivity contribution in [2.75, 3.05) is 0 Å². The fourth-order valence-electron chi connectivity index (χ4n) is 1.32. The van der Waals surface area contributed by atoms with Gasteiger partial charge in [0.1, 0.15) is 0 Å². The van der Waals surface area contributed by atoms with Gasteiger partial charge in [-0.05, 0) is 22.4 Å². The number of fused-ring (bicyclic) bond motifs is 1. The number of carboxylic acid groups (broad SMARTS) is 1. The summed E-state index contributed by atoms with van der Waals surface area (Å²) in [6.07, 6.45) is 0. The van der Waals surface area contributed by atoms with Gasteiger partial charge in [0.25, 0.3) is 0 Å². The Hall–Kier alpha value is -1.09. The Labute approximate surface area is 97.1 Å². The van der Waals surface area contributed by atoms with Crippen LogP contribution in [0.25, 0.3) is 10.8 Å². The third kappa shape index (κ3) is 2.04. The van der Waals surface area contributed by atoms with Crippen LogP contribution in [0.15, 0.2) is 42.5 Å². The Kier molecular flexibility index (Phi) is 3.47. The molecule has 74 valence electrons. The molecule has 0 heterocycles. The van der Waals surface area contributed by atoms with Crippen molar-refractivity contribution in [2.45, 2.75) is 0 Å². The van der Waals surface area contributed by atoms with Crippen LogP contribution in [0.2, 0.25) is 0 Å². The molecule has 3 heteroatoms. The number of carbonyl (C=O) groups is 1. The maximum atomic E-state index is 10.5. The molecule has 2 nitrogen and oxygen atoms in total. The molecule has 0 amide bonds. The SMILES string of the molecule is O=C([O-])c1ccc2ccccc2c1.[Ag+]. The van der Waals surface area contributed by atoms with Gasteiger partial charge in [-0.2, -0.15) is 0 Å². The van der Waals surface area contributed by atoms with Crippen LogP contribution in [0.1, 0.15) is 10.4 Å². The number of carbonyl (C=O) groups excluding carboxylic acids is 1. The van der Waals surface area contributed by atoms with Gasteiger partial charge in [-0.25, -0.2) is 0 Å². The Balaban J connectivity index is 0.000000980. The predicted molar refractivity (Wildman–Crippen MR) is 48.3 cm³/mol. The number of benzene rings is 2. The van der Waals surface area contributed by atoms with Crippen molar-refractivity contribution >= 4 is 16.7 Å². The molecule has 0 aliphatic rings. The van der Waals surface area contributed by atoms with Crippen molar-refractivity contribution in [1.29, 1.82) is 0 Å². The maximum Gasteiger partial charge on any atom is 1.00 e. The molecule has 0 N–H and O–H groups in total. The smallest absolute Gasteiger partial charge is 0.545 e. The van der Waals surface area contributed by atoms with Gasteiger partial charge in [0.2, 0.25) is 0 Å². The minimum Gasteiger partial charge on any atom is -0.545 e. The summed E-state index contributed by atoms with van der Waals surface area (Å²) in [4.78, 5) is 10.5. The van der Waals surface area contributed by atoms with E-state index in [2.05, 4.69) is 0 Å². The van der Waals surface area contributed by atoms with Crippen molar-refractivity contribution in [1.82, 2.24) is 0 Å². The molecule has 0 radical (unpaired) electrons. The van der Waals surface area contributed by atoms with Crippen molar-refractivity contribution in [2.24, 2.45) is 0 Å². The van der Waals surface area contributed by atoms with Gasteiger partial charge in [0.15, 0.2) is 0 Å². The van der Waals surface area contributed by atoms with Crippen LogP contribution in [0.5, 0.6) is 0 Å². The van der Waals surface area contributed by atoms with Crippen LogP contribution in [-0.2, 0) is 22.4 Å². The summed E-state index contributed by atoms with van der Waals surface area (Å²) in [6.45, 7) is 0. The minimum atomic E-state index is -1.13. The van der Waals surface area contributed by atoms with E-state index in [1.54, 1.807) is 18.2 Å². The normalized spacial score (nSPS) is 9.43. The van der Waals surface area contributed by atoms with Gasteiger partial charge in [-0.15, -0.1) is 0 Å². The zero-order valence-corrected chi connectivity index (χ0v) is 8.64. The Morgan fingerprint density at radius 1 is 1.00 bits per heavy atom. The molecule has 0 unspecified atom stereocenters. The predicted octanol–water partition coefficient (Wildman–Crippen LogP) is 1.20. The largest absolute Gasteiger partial charge is 1.00 e. The molecule has 0 saturated heterocycles. The topological polar surface area (TPSA) is 40.1 Å². The first-order valence-corrected chi connectivity index (χ1v) is 3.97. The third-order valence-corrected chi connectivity index (χ3v) is 1.99. The standard InChI is InChI=1S/C11H8O2.Ag/c12-11(13)10-6-5-8-3-1-2-4-9(8)7-10;/h1-7H,(H,12,13);/q;+1/p-1. The van der Waals surface area contributed by atoms with E-state index < -0.39 is 5.97 Å². The zero-order valence-electron chi connectivity index (χ0n) is 7.16. The van der Waals surface area contributed by atoms with Crippen LogP contribution in [0.4, 0.5) is 0 Å². The molecule has 0 aliphatic carbocycles.